The number of hydrogen-bond donors (Lipinski definition) is 1. The van der Waals surface area contributed by atoms with Crippen molar-refractivity contribution in [1.82, 2.24) is 9.97 Å². The second-order valence-corrected chi connectivity index (χ2v) is 5.81. The molecule has 1 aliphatic rings. The van der Waals surface area contributed by atoms with Crippen molar-refractivity contribution in [2.45, 2.75) is 45.1 Å². The normalized spacial score (nSPS) is 16.4. The van der Waals surface area contributed by atoms with Crippen molar-refractivity contribution in [3.63, 3.8) is 0 Å². The van der Waals surface area contributed by atoms with Gasteiger partial charge in [0, 0.05) is 11.4 Å². The van der Waals surface area contributed by atoms with Gasteiger partial charge in [-0.15, -0.1) is 0 Å². The zero-order valence-corrected chi connectivity index (χ0v) is 12.0. The minimum atomic E-state index is -2.66. The third kappa shape index (κ3) is 3.46. The lowest BCUT2D eigenvalue weighted by atomic mass is 10.1. The summed E-state index contributed by atoms with van der Waals surface area (Å²) in [5.74, 6) is 0.970. The molecule has 2 aromatic rings. The van der Waals surface area contributed by atoms with Crippen LogP contribution >= 0.6 is 0 Å². The fourth-order valence-electron chi connectivity index (χ4n) is 2.50. The van der Waals surface area contributed by atoms with E-state index in [1.54, 1.807) is 12.1 Å². The van der Waals surface area contributed by atoms with Crippen LogP contribution in [0.4, 0.5) is 14.6 Å². The van der Waals surface area contributed by atoms with E-state index in [2.05, 4.69) is 22.2 Å². The van der Waals surface area contributed by atoms with E-state index in [0.717, 1.165) is 17.7 Å². The van der Waals surface area contributed by atoms with Gasteiger partial charge in [-0.3, -0.25) is 0 Å². The molecule has 1 aromatic heterocycles. The molecule has 0 bridgehead atoms. The first-order chi connectivity index (χ1) is 10.1. The molecule has 0 amide bonds. The minimum absolute atomic E-state index is 0.217. The number of anilines is 1. The molecule has 3 nitrogen and oxygen atoms in total. The largest absolute Gasteiger partial charge is 0.367 e. The molecule has 1 saturated carbocycles. The van der Waals surface area contributed by atoms with Gasteiger partial charge < -0.3 is 5.32 Å². The SMILES string of the molecule is CC(CCC1CC1)Nc1nc(C(F)F)nc2ccccc12. The Morgan fingerprint density at radius 1 is 1.24 bits per heavy atom. The first-order valence-electron chi connectivity index (χ1n) is 7.45. The highest BCUT2D eigenvalue weighted by Crippen LogP contribution is 2.34. The van der Waals surface area contributed by atoms with Gasteiger partial charge in [-0.05, 0) is 37.8 Å². The Labute approximate surface area is 122 Å². The molecule has 5 heteroatoms. The summed E-state index contributed by atoms with van der Waals surface area (Å²) in [5.41, 5.74) is 0.555. The fourth-order valence-corrected chi connectivity index (χ4v) is 2.50. The third-order valence-corrected chi connectivity index (χ3v) is 3.90. The van der Waals surface area contributed by atoms with Crippen molar-refractivity contribution < 1.29 is 8.78 Å². The highest BCUT2D eigenvalue weighted by atomic mass is 19.3. The average Bonchev–Trinajstić information content (AvgIpc) is 3.29. The molecule has 1 aliphatic carbocycles. The molecule has 0 spiro atoms. The molecule has 1 atom stereocenters. The van der Waals surface area contributed by atoms with E-state index in [0.29, 0.717) is 11.3 Å². The molecule has 1 aromatic carbocycles. The quantitative estimate of drug-likeness (QED) is 0.848. The van der Waals surface area contributed by atoms with Gasteiger partial charge in [-0.25, -0.2) is 18.7 Å². The van der Waals surface area contributed by atoms with Gasteiger partial charge in [-0.2, -0.15) is 0 Å². The Kier molecular flexibility index (Phi) is 3.99. The summed E-state index contributed by atoms with van der Waals surface area (Å²) in [6.07, 6.45) is 2.24. The van der Waals surface area contributed by atoms with Crippen LogP contribution in [0.5, 0.6) is 0 Å². The summed E-state index contributed by atoms with van der Waals surface area (Å²) in [7, 11) is 0. The first-order valence-corrected chi connectivity index (χ1v) is 7.45. The van der Waals surface area contributed by atoms with Gasteiger partial charge in [0.15, 0.2) is 5.82 Å². The molecule has 3 rings (SSSR count). The van der Waals surface area contributed by atoms with Crippen LogP contribution in [0, 0.1) is 5.92 Å². The van der Waals surface area contributed by atoms with Crippen LogP contribution in [0.3, 0.4) is 0 Å². The lowest BCUT2D eigenvalue weighted by Gasteiger charge is -2.16. The molecule has 21 heavy (non-hydrogen) atoms. The summed E-state index contributed by atoms with van der Waals surface area (Å²) < 4.78 is 25.8. The lowest BCUT2D eigenvalue weighted by Crippen LogP contribution is -2.17. The van der Waals surface area contributed by atoms with Crippen molar-refractivity contribution in [3.05, 3.63) is 30.1 Å². The van der Waals surface area contributed by atoms with Gasteiger partial charge in [0.05, 0.1) is 5.52 Å². The Balaban J connectivity index is 1.84. The van der Waals surface area contributed by atoms with Gasteiger partial charge in [0.2, 0.25) is 0 Å². The number of nitrogens with zero attached hydrogens (tertiary/aromatic N) is 2. The van der Waals surface area contributed by atoms with Gasteiger partial charge >= 0.3 is 0 Å². The average molecular weight is 291 g/mol. The van der Waals surface area contributed by atoms with E-state index < -0.39 is 12.2 Å². The van der Waals surface area contributed by atoms with E-state index in [9.17, 15) is 8.78 Å². The molecular formula is C16H19F2N3. The number of aromatic nitrogens is 2. The van der Waals surface area contributed by atoms with E-state index in [1.807, 2.05) is 12.1 Å². The zero-order chi connectivity index (χ0) is 14.8. The van der Waals surface area contributed by atoms with E-state index in [-0.39, 0.29) is 6.04 Å². The summed E-state index contributed by atoms with van der Waals surface area (Å²) in [6, 6.07) is 7.48. The molecule has 0 radical (unpaired) electrons. The van der Waals surface area contributed by atoms with Crippen LogP contribution in [-0.4, -0.2) is 16.0 Å². The Bertz CT molecular complexity index is 626. The highest BCUT2D eigenvalue weighted by Gasteiger charge is 2.22. The zero-order valence-electron chi connectivity index (χ0n) is 12.0. The van der Waals surface area contributed by atoms with E-state index >= 15 is 0 Å². The topological polar surface area (TPSA) is 37.8 Å². The van der Waals surface area contributed by atoms with Crippen LogP contribution in [0.2, 0.25) is 0 Å². The molecule has 0 saturated heterocycles. The number of benzene rings is 1. The summed E-state index contributed by atoms with van der Waals surface area (Å²) in [6.45, 7) is 2.07. The molecule has 1 unspecified atom stereocenters. The standard InChI is InChI=1S/C16H19F2N3/c1-10(6-7-11-8-9-11)19-15-12-4-2-3-5-13(12)20-16(21-15)14(17)18/h2-5,10-11,14H,6-9H2,1H3,(H,19,20,21). The van der Waals surface area contributed by atoms with Crippen molar-refractivity contribution in [2.75, 3.05) is 5.32 Å². The van der Waals surface area contributed by atoms with Crippen LogP contribution in [-0.2, 0) is 0 Å². The molecule has 1 fully saturated rings. The molecule has 112 valence electrons. The molecule has 0 aliphatic heterocycles. The number of hydrogen-bond acceptors (Lipinski definition) is 3. The highest BCUT2D eigenvalue weighted by molar-refractivity contribution is 5.89. The van der Waals surface area contributed by atoms with Crippen LogP contribution < -0.4 is 5.32 Å². The van der Waals surface area contributed by atoms with Crippen molar-refractivity contribution >= 4 is 16.7 Å². The molecular weight excluding hydrogens is 272 g/mol. The van der Waals surface area contributed by atoms with Crippen molar-refractivity contribution in [1.29, 1.82) is 0 Å². The Hall–Kier alpha value is -1.78. The number of nitrogens with one attached hydrogen (secondary N) is 1. The van der Waals surface area contributed by atoms with E-state index in [1.165, 1.54) is 19.3 Å². The maximum Gasteiger partial charge on any atom is 0.297 e. The number of rotatable bonds is 6. The van der Waals surface area contributed by atoms with Crippen LogP contribution in [0.25, 0.3) is 10.9 Å². The van der Waals surface area contributed by atoms with Crippen molar-refractivity contribution in [2.24, 2.45) is 5.92 Å². The third-order valence-electron chi connectivity index (χ3n) is 3.90. The van der Waals surface area contributed by atoms with Crippen LogP contribution in [0.1, 0.15) is 44.9 Å². The predicted molar refractivity (Wildman–Crippen MR) is 79.5 cm³/mol. The van der Waals surface area contributed by atoms with Crippen molar-refractivity contribution in [3.8, 4) is 0 Å². The second kappa shape index (κ2) is 5.92. The van der Waals surface area contributed by atoms with Crippen LogP contribution in [0.15, 0.2) is 24.3 Å². The fraction of sp³-hybridized carbons (Fsp3) is 0.500. The lowest BCUT2D eigenvalue weighted by molar-refractivity contribution is 0.141. The maximum absolute atomic E-state index is 12.9. The molecule has 1 N–H and O–H groups in total. The number of alkyl halides is 2. The number of fused-ring (bicyclic) bond motifs is 1. The number of para-hydroxylation sites is 1. The summed E-state index contributed by atoms with van der Waals surface area (Å²) >= 11 is 0. The van der Waals surface area contributed by atoms with Gasteiger partial charge in [0.25, 0.3) is 6.43 Å². The molecule has 1 heterocycles. The maximum atomic E-state index is 12.9. The van der Waals surface area contributed by atoms with Gasteiger partial charge in [0.1, 0.15) is 5.82 Å². The van der Waals surface area contributed by atoms with Gasteiger partial charge in [-0.1, -0.05) is 25.0 Å². The summed E-state index contributed by atoms with van der Waals surface area (Å²) in [4.78, 5) is 7.94. The minimum Gasteiger partial charge on any atom is -0.367 e. The Morgan fingerprint density at radius 2 is 2.00 bits per heavy atom. The second-order valence-electron chi connectivity index (χ2n) is 5.81. The summed E-state index contributed by atoms with van der Waals surface area (Å²) in [5, 5.41) is 4.07. The first kappa shape index (κ1) is 14.2. The monoisotopic (exact) mass is 291 g/mol. The number of halogens is 2. The smallest absolute Gasteiger partial charge is 0.297 e. The Morgan fingerprint density at radius 3 is 2.71 bits per heavy atom. The van der Waals surface area contributed by atoms with E-state index in [4.69, 9.17) is 0 Å². The predicted octanol–water partition coefficient (Wildman–Crippen LogP) is 4.56.